The molecule has 3 rings (SSSR count). The second-order valence-electron chi connectivity index (χ2n) is 4.30. The summed E-state index contributed by atoms with van der Waals surface area (Å²) in [5, 5.41) is 3.86. The van der Waals surface area contributed by atoms with Crippen LogP contribution < -0.4 is 5.73 Å². The minimum atomic E-state index is -0.286. The van der Waals surface area contributed by atoms with Crippen LogP contribution in [0.2, 0.25) is 0 Å². The molecule has 5 nitrogen and oxygen atoms in total. The second kappa shape index (κ2) is 5.08. The van der Waals surface area contributed by atoms with Gasteiger partial charge in [0, 0.05) is 6.42 Å². The van der Waals surface area contributed by atoms with E-state index in [1.165, 1.54) is 18.3 Å². The van der Waals surface area contributed by atoms with Crippen LogP contribution in [0.1, 0.15) is 11.4 Å². The predicted octanol–water partition coefficient (Wildman–Crippen LogP) is 2.44. The summed E-state index contributed by atoms with van der Waals surface area (Å²) < 4.78 is 18.2. The van der Waals surface area contributed by atoms with Gasteiger partial charge in [0.2, 0.25) is 0 Å². The number of aromatic nitrogens is 3. The molecule has 0 saturated heterocycles. The first-order chi connectivity index (χ1) is 9.70. The summed E-state index contributed by atoms with van der Waals surface area (Å²) >= 11 is 0. The average Bonchev–Trinajstić information content (AvgIpc) is 2.88. The van der Waals surface area contributed by atoms with Crippen molar-refractivity contribution in [2.24, 2.45) is 0 Å². The van der Waals surface area contributed by atoms with Crippen LogP contribution in [-0.2, 0) is 6.42 Å². The van der Waals surface area contributed by atoms with Gasteiger partial charge in [-0.15, -0.1) is 0 Å². The Bertz CT molecular complexity index is 724. The van der Waals surface area contributed by atoms with Crippen LogP contribution in [0.5, 0.6) is 0 Å². The highest BCUT2D eigenvalue weighted by Crippen LogP contribution is 2.16. The van der Waals surface area contributed by atoms with Crippen molar-refractivity contribution in [3.8, 4) is 11.6 Å². The third-order valence-corrected chi connectivity index (χ3v) is 2.72. The molecule has 1 aromatic carbocycles. The van der Waals surface area contributed by atoms with Crippen LogP contribution in [0.4, 0.5) is 10.1 Å². The summed E-state index contributed by atoms with van der Waals surface area (Å²) in [6.07, 6.45) is 1.92. The highest BCUT2D eigenvalue weighted by Gasteiger charge is 2.10. The standard InChI is InChI=1S/C14H11FN4O/c15-10-3-1-2-9(6-10)7-13-18-14(20-19-13)12-5-4-11(16)8-17-12/h1-6,8H,7,16H2. The van der Waals surface area contributed by atoms with Crippen LogP contribution in [-0.4, -0.2) is 15.1 Å². The van der Waals surface area contributed by atoms with Crippen LogP contribution in [0.25, 0.3) is 11.6 Å². The van der Waals surface area contributed by atoms with E-state index >= 15 is 0 Å². The third-order valence-electron chi connectivity index (χ3n) is 2.72. The van der Waals surface area contributed by atoms with Gasteiger partial charge in [0.05, 0.1) is 11.9 Å². The van der Waals surface area contributed by atoms with Crippen molar-refractivity contribution in [1.82, 2.24) is 15.1 Å². The van der Waals surface area contributed by atoms with E-state index in [0.29, 0.717) is 29.5 Å². The predicted molar refractivity (Wildman–Crippen MR) is 71.1 cm³/mol. The molecule has 2 heterocycles. The van der Waals surface area contributed by atoms with Crippen LogP contribution in [0.3, 0.4) is 0 Å². The Balaban J connectivity index is 1.82. The van der Waals surface area contributed by atoms with Gasteiger partial charge in [-0.25, -0.2) is 9.37 Å². The summed E-state index contributed by atoms with van der Waals surface area (Å²) in [6, 6.07) is 9.70. The van der Waals surface area contributed by atoms with Crippen LogP contribution in [0, 0.1) is 5.82 Å². The van der Waals surface area contributed by atoms with Gasteiger partial charge < -0.3 is 10.3 Å². The van der Waals surface area contributed by atoms with E-state index in [1.54, 1.807) is 24.3 Å². The first-order valence-corrected chi connectivity index (χ1v) is 5.99. The zero-order valence-electron chi connectivity index (χ0n) is 10.5. The Morgan fingerprint density at radius 2 is 2.10 bits per heavy atom. The molecule has 0 atom stereocenters. The molecule has 0 fully saturated rings. The molecule has 2 aromatic heterocycles. The number of pyridine rings is 1. The third kappa shape index (κ3) is 2.64. The molecule has 0 unspecified atom stereocenters. The number of hydrogen-bond donors (Lipinski definition) is 1. The molecular weight excluding hydrogens is 259 g/mol. The van der Waals surface area contributed by atoms with Crippen molar-refractivity contribution in [1.29, 1.82) is 0 Å². The molecule has 0 aliphatic carbocycles. The van der Waals surface area contributed by atoms with Crippen molar-refractivity contribution in [2.45, 2.75) is 6.42 Å². The quantitative estimate of drug-likeness (QED) is 0.790. The fourth-order valence-corrected chi connectivity index (χ4v) is 1.79. The van der Waals surface area contributed by atoms with Gasteiger partial charge in [0.25, 0.3) is 5.89 Å². The molecule has 6 heteroatoms. The maximum Gasteiger partial charge on any atom is 0.276 e. The lowest BCUT2D eigenvalue weighted by atomic mass is 10.1. The lowest BCUT2D eigenvalue weighted by molar-refractivity contribution is 0.422. The molecule has 0 aliphatic rings. The summed E-state index contributed by atoms with van der Waals surface area (Å²) in [7, 11) is 0. The maximum atomic E-state index is 13.1. The topological polar surface area (TPSA) is 77.8 Å². The molecule has 100 valence electrons. The number of nitrogens with two attached hydrogens (primary N) is 1. The molecule has 0 saturated carbocycles. The minimum absolute atomic E-state index is 0.286. The number of hydrogen-bond acceptors (Lipinski definition) is 5. The van der Waals surface area contributed by atoms with Crippen LogP contribution >= 0.6 is 0 Å². The smallest absolute Gasteiger partial charge is 0.276 e. The Hall–Kier alpha value is -2.76. The highest BCUT2D eigenvalue weighted by molar-refractivity contribution is 5.50. The van der Waals surface area contributed by atoms with Crippen molar-refractivity contribution >= 4 is 5.69 Å². The van der Waals surface area contributed by atoms with Crippen molar-refractivity contribution in [3.05, 3.63) is 59.8 Å². The molecule has 0 bridgehead atoms. The molecule has 20 heavy (non-hydrogen) atoms. The van der Waals surface area contributed by atoms with Gasteiger partial charge in [-0.1, -0.05) is 17.3 Å². The van der Waals surface area contributed by atoms with Gasteiger partial charge in [0.15, 0.2) is 5.82 Å². The normalized spacial score (nSPS) is 10.7. The maximum absolute atomic E-state index is 13.1. The molecule has 0 aliphatic heterocycles. The first kappa shape index (κ1) is 12.3. The Morgan fingerprint density at radius 1 is 1.20 bits per heavy atom. The number of nitrogens with zero attached hydrogens (tertiary/aromatic N) is 3. The van der Waals surface area contributed by atoms with Gasteiger partial charge in [-0.2, -0.15) is 4.98 Å². The Morgan fingerprint density at radius 3 is 2.85 bits per heavy atom. The molecule has 0 amide bonds. The lowest BCUT2D eigenvalue weighted by Gasteiger charge is -1.96. The van der Waals surface area contributed by atoms with Gasteiger partial charge in [0.1, 0.15) is 11.5 Å². The molecule has 3 aromatic rings. The first-order valence-electron chi connectivity index (χ1n) is 5.99. The molecule has 0 spiro atoms. The monoisotopic (exact) mass is 270 g/mol. The van der Waals surface area contributed by atoms with Crippen molar-refractivity contribution in [3.63, 3.8) is 0 Å². The van der Waals surface area contributed by atoms with E-state index in [4.69, 9.17) is 10.3 Å². The van der Waals surface area contributed by atoms with Gasteiger partial charge in [-0.05, 0) is 29.8 Å². The zero-order valence-corrected chi connectivity index (χ0v) is 10.5. The molecule has 2 N–H and O–H groups in total. The number of rotatable bonds is 3. The van der Waals surface area contributed by atoms with Crippen LogP contribution in [0.15, 0.2) is 47.1 Å². The van der Waals surface area contributed by atoms with E-state index in [-0.39, 0.29) is 5.82 Å². The fraction of sp³-hybridized carbons (Fsp3) is 0.0714. The van der Waals surface area contributed by atoms with Crippen molar-refractivity contribution in [2.75, 3.05) is 5.73 Å². The van der Waals surface area contributed by atoms with Gasteiger partial charge in [-0.3, -0.25) is 0 Å². The zero-order chi connectivity index (χ0) is 13.9. The number of halogens is 1. The van der Waals surface area contributed by atoms with E-state index in [2.05, 4.69) is 15.1 Å². The summed E-state index contributed by atoms with van der Waals surface area (Å²) in [5.41, 5.74) is 7.46. The largest absolute Gasteiger partial charge is 0.397 e. The second-order valence-corrected chi connectivity index (χ2v) is 4.30. The molecular formula is C14H11FN4O. The lowest BCUT2D eigenvalue weighted by Crippen LogP contribution is -1.92. The summed E-state index contributed by atoms with van der Waals surface area (Å²) in [5.74, 6) is 0.507. The number of nitrogen functional groups attached to an aromatic ring is 1. The van der Waals surface area contributed by atoms with Gasteiger partial charge >= 0.3 is 0 Å². The van der Waals surface area contributed by atoms with E-state index in [1.807, 2.05) is 0 Å². The fourth-order valence-electron chi connectivity index (χ4n) is 1.79. The minimum Gasteiger partial charge on any atom is -0.397 e. The summed E-state index contributed by atoms with van der Waals surface area (Å²) in [6.45, 7) is 0. The number of benzene rings is 1. The SMILES string of the molecule is Nc1ccc(-c2nc(Cc3cccc(F)c3)no2)nc1. The van der Waals surface area contributed by atoms with E-state index in [0.717, 1.165) is 5.56 Å². The Kier molecular flexibility index (Phi) is 3.12. The number of anilines is 1. The van der Waals surface area contributed by atoms with Crippen molar-refractivity contribution < 1.29 is 8.91 Å². The van der Waals surface area contributed by atoms with E-state index in [9.17, 15) is 4.39 Å². The molecule has 0 radical (unpaired) electrons. The highest BCUT2D eigenvalue weighted by atomic mass is 19.1. The summed E-state index contributed by atoms with van der Waals surface area (Å²) in [4.78, 5) is 8.33. The Labute approximate surface area is 114 Å². The average molecular weight is 270 g/mol. The van der Waals surface area contributed by atoms with E-state index < -0.39 is 0 Å².